The van der Waals surface area contributed by atoms with E-state index in [-0.39, 0.29) is 5.75 Å². The summed E-state index contributed by atoms with van der Waals surface area (Å²) in [7, 11) is -3.20. The van der Waals surface area contributed by atoms with E-state index in [1.807, 2.05) is 30.3 Å². The van der Waals surface area contributed by atoms with Crippen LogP contribution < -0.4 is 10.0 Å². The highest BCUT2D eigenvalue weighted by Crippen LogP contribution is 2.08. The maximum Gasteiger partial charge on any atom is 0.215 e. The van der Waals surface area contributed by atoms with Crippen molar-refractivity contribution >= 4 is 10.0 Å². The molecule has 1 atom stereocenters. The second-order valence-electron chi connectivity index (χ2n) is 4.72. The summed E-state index contributed by atoms with van der Waals surface area (Å²) >= 11 is 0. The molecular weight excluding hydrogens is 248 g/mol. The van der Waals surface area contributed by atoms with Gasteiger partial charge in [-0.1, -0.05) is 30.3 Å². The minimum Gasteiger partial charge on any atom is -0.314 e. The van der Waals surface area contributed by atoms with Gasteiger partial charge in [-0.15, -0.1) is 0 Å². The van der Waals surface area contributed by atoms with Crippen molar-refractivity contribution in [2.24, 2.45) is 0 Å². The van der Waals surface area contributed by atoms with E-state index in [4.69, 9.17) is 0 Å². The van der Waals surface area contributed by atoms with E-state index in [9.17, 15) is 8.42 Å². The van der Waals surface area contributed by atoms with E-state index in [1.54, 1.807) is 0 Å². The first-order valence-corrected chi connectivity index (χ1v) is 8.05. The minimum atomic E-state index is -3.20. The van der Waals surface area contributed by atoms with Gasteiger partial charge in [0.25, 0.3) is 0 Å². The summed E-state index contributed by atoms with van der Waals surface area (Å²) < 4.78 is 26.4. The summed E-state index contributed by atoms with van der Waals surface area (Å²) in [5.74, 6) is 0.0614. The number of hydrogen-bond donors (Lipinski definition) is 2. The Morgan fingerprint density at radius 2 is 2.06 bits per heavy atom. The van der Waals surface area contributed by atoms with Crippen molar-refractivity contribution in [1.82, 2.24) is 10.0 Å². The summed E-state index contributed by atoms with van der Waals surface area (Å²) in [5.41, 5.74) is 0.823. The van der Waals surface area contributed by atoms with Crippen molar-refractivity contribution in [3.05, 3.63) is 35.9 Å². The Morgan fingerprint density at radius 3 is 2.72 bits per heavy atom. The van der Waals surface area contributed by atoms with E-state index in [1.165, 1.54) is 6.42 Å². The molecule has 2 N–H and O–H groups in total. The number of benzene rings is 1. The van der Waals surface area contributed by atoms with Crippen molar-refractivity contribution in [2.75, 3.05) is 13.1 Å². The van der Waals surface area contributed by atoms with Gasteiger partial charge in [0.15, 0.2) is 0 Å². The normalized spacial score (nSPS) is 20.1. The van der Waals surface area contributed by atoms with Crippen LogP contribution in [0.4, 0.5) is 0 Å². The second kappa shape index (κ2) is 6.31. The van der Waals surface area contributed by atoms with E-state index >= 15 is 0 Å². The zero-order valence-corrected chi connectivity index (χ0v) is 11.2. The number of sulfonamides is 1. The molecule has 5 heteroatoms. The molecule has 1 aromatic carbocycles. The first kappa shape index (κ1) is 13.5. The molecule has 1 aliphatic rings. The molecule has 0 amide bonds. The highest BCUT2D eigenvalue weighted by atomic mass is 32.2. The predicted octanol–water partition coefficient (Wildman–Crippen LogP) is 1.25. The molecule has 1 fully saturated rings. The zero-order chi connectivity index (χ0) is 12.8. The Kier molecular flexibility index (Phi) is 4.74. The number of nitrogens with one attached hydrogen (secondary N) is 2. The van der Waals surface area contributed by atoms with Crippen LogP contribution in [0, 0.1) is 0 Å². The lowest BCUT2D eigenvalue weighted by Crippen LogP contribution is -2.31. The van der Waals surface area contributed by atoms with Crippen LogP contribution in [0.15, 0.2) is 30.3 Å². The van der Waals surface area contributed by atoms with Gasteiger partial charge in [0.2, 0.25) is 10.0 Å². The molecule has 0 saturated carbocycles. The van der Waals surface area contributed by atoms with Gasteiger partial charge in [0, 0.05) is 12.6 Å². The quantitative estimate of drug-likeness (QED) is 0.816. The summed E-state index contributed by atoms with van der Waals surface area (Å²) in [4.78, 5) is 0. The molecule has 0 aromatic heterocycles. The van der Waals surface area contributed by atoms with Crippen molar-refractivity contribution in [1.29, 1.82) is 0 Å². The highest BCUT2D eigenvalue weighted by molar-refractivity contribution is 7.88. The monoisotopic (exact) mass is 268 g/mol. The van der Waals surface area contributed by atoms with Gasteiger partial charge in [-0.3, -0.25) is 0 Å². The summed E-state index contributed by atoms with van der Waals surface area (Å²) in [6, 6.07) is 9.73. The Hall–Kier alpha value is -0.910. The minimum absolute atomic E-state index is 0.0614. The molecule has 18 heavy (non-hydrogen) atoms. The van der Waals surface area contributed by atoms with Gasteiger partial charge >= 0.3 is 0 Å². The van der Waals surface area contributed by atoms with E-state index in [2.05, 4.69) is 10.0 Å². The fourth-order valence-corrected chi connectivity index (χ4v) is 3.40. The second-order valence-corrected chi connectivity index (χ2v) is 6.53. The van der Waals surface area contributed by atoms with Crippen LogP contribution in [0.1, 0.15) is 24.8 Å². The van der Waals surface area contributed by atoms with Gasteiger partial charge in [-0.25, -0.2) is 13.1 Å². The van der Waals surface area contributed by atoms with Gasteiger partial charge in [-0.05, 0) is 31.4 Å². The molecule has 1 saturated heterocycles. The van der Waals surface area contributed by atoms with Crippen LogP contribution in [-0.2, 0) is 15.8 Å². The topological polar surface area (TPSA) is 58.2 Å². The maximum absolute atomic E-state index is 11.8. The molecule has 0 aliphatic carbocycles. The SMILES string of the molecule is O=S(=O)(Cc1ccccc1)NCC[C@@H]1CCCN1. The van der Waals surface area contributed by atoms with Gasteiger partial charge in [0.1, 0.15) is 0 Å². The largest absolute Gasteiger partial charge is 0.314 e. The Balaban J connectivity index is 1.77. The molecule has 1 aromatic rings. The lowest BCUT2D eigenvalue weighted by atomic mass is 10.2. The molecule has 2 rings (SSSR count). The van der Waals surface area contributed by atoms with Gasteiger partial charge < -0.3 is 5.32 Å². The third-order valence-electron chi connectivity index (χ3n) is 3.18. The summed E-state index contributed by atoms with van der Waals surface area (Å²) in [6.45, 7) is 1.58. The molecular formula is C13H20N2O2S. The van der Waals surface area contributed by atoms with Crippen LogP contribution in [0.25, 0.3) is 0 Å². The van der Waals surface area contributed by atoms with Crippen molar-refractivity contribution in [2.45, 2.75) is 31.1 Å². The first-order valence-electron chi connectivity index (χ1n) is 6.40. The maximum atomic E-state index is 11.8. The van der Waals surface area contributed by atoms with Crippen molar-refractivity contribution in [3.8, 4) is 0 Å². The molecule has 1 aliphatic heterocycles. The average molecular weight is 268 g/mol. The lowest BCUT2D eigenvalue weighted by Gasteiger charge is -2.11. The van der Waals surface area contributed by atoms with Gasteiger partial charge in [-0.2, -0.15) is 0 Å². The van der Waals surface area contributed by atoms with Crippen LogP contribution >= 0.6 is 0 Å². The lowest BCUT2D eigenvalue weighted by molar-refractivity contribution is 0.539. The van der Waals surface area contributed by atoms with Crippen LogP contribution in [-0.4, -0.2) is 27.5 Å². The fourth-order valence-electron chi connectivity index (χ4n) is 2.24. The van der Waals surface area contributed by atoms with E-state index < -0.39 is 10.0 Å². The van der Waals surface area contributed by atoms with E-state index in [0.717, 1.165) is 24.9 Å². The zero-order valence-electron chi connectivity index (χ0n) is 10.4. The van der Waals surface area contributed by atoms with Crippen molar-refractivity contribution in [3.63, 3.8) is 0 Å². The average Bonchev–Trinajstić information content (AvgIpc) is 2.82. The van der Waals surface area contributed by atoms with Crippen LogP contribution in [0.5, 0.6) is 0 Å². The van der Waals surface area contributed by atoms with Crippen LogP contribution in [0.3, 0.4) is 0 Å². The molecule has 1 heterocycles. The summed E-state index contributed by atoms with van der Waals surface area (Å²) in [6.07, 6.45) is 3.22. The number of hydrogen-bond acceptors (Lipinski definition) is 3. The van der Waals surface area contributed by atoms with E-state index in [0.29, 0.717) is 12.6 Å². The van der Waals surface area contributed by atoms with Gasteiger partial charge in [0.05, 0.1) is 5.75 Å². The molecule has 100 valence electrons. The Labute approximate surface area is 109 Å². The molecule has 0 radical (unpaired) electrons. The third-order valence-corrected chi connectivity index (χ3v) is 4.53. The van der Waals surface area contributed by atoms with Crippen molar-refractivity contribution < 1.29 is 8.42 Å². The number of rotatable bonds is 6. The molecule has 0 spiro atoms. The standard InChI is InChI=1S/C13H20N2O2S/c16-18(17,11-12-5-2-1-3-6-12)15-10-8-13-7-4-9-14-13/h1-3,5-6,13-15H,4,7-11H2/t13-/m0/s1. The Bertz CT molecular complexity index is 453. The highest BCUT2D eigenvalue weighted by Gasteiger charge is 2.15. The summed E-state index contributed by atoms with van der Waals surface area (Å²) in [5, 5.41) is 3.36. The third kappa shape index (κ3) is 4.40. The molecule has 0 unspecified atom stereocenters. The molecule has 4 nitrogen and oxygen atoms in total. The predicted molar refractivity (Wildman–Crippen MR) is 72.7 cm³/mol. The fraction of sp³-hybridized carbons (Fsp3) is 0.538. The van der Waals surface area contributed by atoms with Crippen LogP contribution in [0.2, 0.25) is 0 Å². The first-order chi connectivity index (χ1) is 8.66. The Morgan fingerprint density at radius 1 is 1.28 bits per heavy atom. The molecule has 0 bridgehead atoms. The smallest absolute Gasteiger partial charge is 0.215 e.